The highest BCUT2D eigenvalue weighted by Crippen LogP contribution is 2.06. The van der Waals surface area contributed by atoms with Gasteiger partial charge in [0, 0.05) is 13.1 Å². The van der Waals surface area contributed by atoms with Crippen molar-refractivity contribution in [3.63, 3.8) is 0 Å². The quantitative estimate of drug-likeness (QED) is 0.546. The van der Waals surface area contributed by atoms with Gasteiger partial charge in [0.25, 0.3) is 0 Å². The number of amides is 1. The zero-order chi connectivity index (χ0) is 8.43. The molecule has 1 aliphatic heterocycles. The van der Waals surface area contributed by atoms with E-state index in [1.807, 2.05) is 19.0 Å². The first kappa shape index (κ1) is 8.49. The summed E-state index contributed by atoms with van der Waals surface area (Å²) >= 11 is 0. The fourth-order valence-electron chi connectivity index (χ4n) is 1.03. The van der Waals surface area contributed by atoms with E-state index in [-0.39, 0.29) is 12.0 Å². The summed E-state index contributed by atoms with van der Waals surface area (Å²) in [6.45, 7) is 1.45. The standard InChI is InChI=1S/C7H14N2O2/c1-8(2)5-7(11)9-3-6(10)4-9/h6,10H,3-5H2,1-2H3. The predicted octanol–water partition coefficient (Wildman–Crippen LogP) is -1.25. The Balaban J connectivity index is 2.21. The van der Waals surface area contributed by atoms with Crippen LogP contribution in [0.25, 0.3) is 0 Å². The van der Waals surface area contributed by atoms with Crippen LogP contribution in [0.2, 0.25) is 0 Å². The van der Waals surface area contributed by atoms with Crippen LogP contribution < -0.4 is 0 Å². The molecular weight excluding hydrogens is 144 g/mol. The van der Waals surface area contributed by atoms with E-state index in [4.69, 9.17) is 5.11 Å². The van der Waals surface area contributed by atoms with Gasteiger partial charge >= 0.3 is 0 Å². The first-order valence-corrected chi connectivity index (χ1v) is 3.70. The Kier molecular flexibility index (Phi) is 2.46. The maximum atomic E-state index is 11.2. The molecule has 0 aromatic carbocycles. The maximum Gasteiger partial charge on any atom is 0.236 e. The van der Waals surface area contributed by atoms with E-state index >= 15 is 0 Å². The van der Waals surface area contributed by atoms with E-state index in [1.165, 1.54) is 0 Å². The van der Waals surface area contributed by atoms with Crippen LogP contribution in [-0.4, -0.2) is 60.6 Å². The molecule has 64 valence electrons. The van der Waals surface area contributed by atoms with E-state index < -0.39 is 0 Å². The third kappa shape index (κ3) is 2.17. The molecule has 1 aliphatic rings. The van der Waals surface area contributed by atoms with Gasteiger partial charge in [0.1, 0.15) is 0 Å². The lowest BCUT2D eigenvalue weighted by Gasteiger charge is -2.36. The molecule has 0 saturated carbocycles. The van der Waals surface area contributed by atoms with Gasteiger partial charge in [-0.05, 0) is 14.1 Å². The predicted molar refractivity (Wildman–Crippen MR) is 41.1 cm³/mol. The Labute approximate surface area is 66.4 Å². The Bertz CT molecular complexity index is 153. The Hall–Kier alpha value is -0.610. The van der Waals surface area contributed by atoms with E-state index in [0.717, 1.165) is 0 Å². The Morgan fingerprint density at radius 1 is 1.64 bits per heavy atom. The zero-order valence-electron chi connectivity index (χ0n) is 6.95. The fourth-order valence-corrected chi connectivity index (χ4v) is 1.03. The average molecular weight is 158 g/mol. The van der Waals surface area contributed by atoms with Crippen LogP contribution in [0.1, 0.15) is 0 Å². The average Bonchev–Trinajstić information content (AvgIpc) is 1.79. The third-order valence-electron chi connectivity index (χ3n) is 1.67. The zero-order valence-corrected chi connectivity index (χ0v) is 6.95. The molecule has 11 heavy (non-hydrogen) atoms. The second-order valence-corrected chi connectivity index (χ2v) is 3.19. The molecule has 1 saturated heterocycles. The van der Waals surface area contributed by atoms with E-state index in [1.54, 1.807) is 4.90 Å². The lowest BCUT2D eigenvalue weighted by atomic mass is 10.2. The summed E-state index contributed by atoms with van der Waals surface area (Å²) in [6.07, 6.45) is -0.291. The molecule has 4 nitrogen and oxygen atoms in total. The highest BCUT2D eigenvalue weighted by atomic mass is 16.3. The van der Waals surface area contributed by atoms with Gasteiger partial charge in [-0.15, -0.1) is 0 Å². The van der Waals surface area contributed by atoms with E-state index in [9.17, 15) is 4.79 Å². The van der Waals surface area contributed by atoms with Gasteiger partial charge in [-0.25, -0.2) is 0 Å². The largest absolute Gasteiger partial charge is 0.389 e. The van der Waals surface area contributed by atoms with E-state index in [0.29, 0.717) is 19.6 Å². The molecule has 1 N–H and O–H groups in total. The highest BCUT2D eigenvalue weighted by molar-refractivity contribution is 5.79. The summed E-state index contributed by atoms with van der Waals surface area (Å²) in [7, 11) is 3.71. The lowest BCUT2D eigenvalue weighted by Crippen LogP contribution is -2.55. The minimum absolute atomic E-state index is 0.0975. The van der Waals surface area contributed by atoms with Gasteiger partial charge in [0.05, 0.1) is 12.6 Å². The molecule has 0 spiro atoms. The van der Waals surface area contributed by atoms with Crippen LogP contribution in [0.5, 0.6) is 0 Å². The van der Waals surface area contributed by atoms with Crippen molar-refractivity contribution >= 4 is 5.91 Å². The van der Waals surface area contributed by atoms with Crippen LogP contribution in [0.3, 0.4) is 0 Å². The number of nitrogens with zero attached hydrogens (tertiary/aromatic N) is 2. The second kappa shape index (κ2) is 3.19. The first-order chi connectivity index (χ1) is 5.09. The molecule has 0 atom stereocenters. The van der Waals surface area contributed by atoms with Gasteiger partial charge < -0.3 is 14.9 Å². The number of hydrogen-bond acceptors (Lipinski definition) is 3. The normalized spacial score (nSPS) is 18.7. The van der Waals surface area contributed by atoms with Crippen molar-refractivity contribution in [3.8, 4) is 0 Å². The van der Waals surface area contributed by atoms with Crippen LogP contribution in [0, 0.1) is 0 Å². The van der Waals surface area contributed by atoms with Crippen molar-refractivity contribution in [2.45, 2.75) is 6.10 Å². The summed E-state index contributed by atoms with van der Waals surface area (Å²) in [5, 5.41) is 8.89. The van der Waals surface area contributed by atoms with Gasteiger partial charge in [0.15, 0.2) is 0 Å². The molecule has 0 radical (unpaired) electrons. The summed E-state index contributed by atoms with van der Waals surface area (Å²) in [5.74, 6) is 0.0975. The number of rotatable bonds is 2. The van der Waals surface area contributed by atoms with Gasteiger partial charge in [-0.2, -0.15) is 0 Å². The van der Waals surface area contributed by atoms with Crippen molar-refractivity contribution in [1.29, 1.82) is 0 Å². The first-order valence-electron chi connectivity index (χ1n) is 3.70. The van der Waals surface area contributed by atoms with Crippen LogP contribution in [-0.2, 0) is 4.79 Å². The Morgan fingerprint density at radius 2 is 2.18 bits per heavy atom. The molecule has 4 heteroatoms. The number of hydrogen-bond donors (Lipinski definition) is 1. The van der Waals surface area contributed by atoms with Crippen molar-refractivity contribution < 1.29 is 9.90 Å². The van der Waals surface area contributed by atoms with Gasteiger partial charge in [-0.3, -0.25) is 4.79 Å². The molecule has 1 heterocycles. The third-order valence-corrected chi connectivity index (χ3v) is 1.67. The molecule has 0 aromatic rings. The minimum Gasteiger partial charge on any atom is -0.389 e. The number of likely N-dealkylation sites (tertiary alicyclic amines) is 1. The molecule has 0 unspecified atom stereocenters. The van der Waals surface area contributed by atoms with Crippen molar-refractivity contribution in [3.05, 3.63) is 0 Å². The molecule has 0 aliphatic carbocycles. The number of aliphatic hydroxyl groups excluding tert-OH is 1. The lowest BCUT2D eigenvalue weighted by molar-refractivity contribution is -0.141. The number of carbonyl (C=O) groups is 1. The molecule has 1 amide bonds. The molecule has 1 rings (SSSR count). The van der Waals surface area contributed by atoms with Crippen molar-refractivity contribution in [1.82, 2.24) is 9.80 Å². The van der Waals surface area contributed by atoms with Crippen LogP contribution in [0.4, 0.5) is 0 Å². The number of carbonyl (C=O) groups excluding carboxylic acids is 1. The second-order valence-electron chi connectivity index (χ2n) is 3.19. The monoisotopic (exact) mass is 158 g/mol. The van der Waals surface area contributed by atoms with Gasteiger partial charge in [0.2, 0.25) is 5.91 Å². The molecule has 1 fully saturated rings. The highest BCUT2D eigenvalue weighted by Gasteiger charge is 2.28. The SMILES string of the molecule is CN(C)CC(=O)N1CC(O)C1. The summed E-state index contributed by atoms with van der Waals surface area (Å²) in [6, 6.07) is 0. The molecule has 0 aromatic heterocycles. The van der Waals surface area contributed by atoms with Crippen LogP contribution >= 0.6 is 0 Å². The fraction of sp³-hybridized carbons (Fsp3) is 0.857. The molecular formula is C7H14N2O2. The van der Waals surface area contributed by atoms with Gasteiger partial charge in [-0.1, -0.05) is 0 Å². The Morgan fingerprint density at radius 3 is 2.55 bits per heavy atom. The number of aliphatic hydroxyl groups is 1. The topological polar surface area (TPSA) is 43.8 Å². The van der Waals surface area contributed by atoms with E-state index in [2.05, 4.69) is 0 Å². The summed E-state index contributed by atoms with van der Waals surface area (Å²) in [4.78, 5) is 14.6. The van der Waals surface area contributed by atoms with Crippen LogP contribution in [0.15, 0.2) is 0 Å². The summed E-state index contributed by atoms with van der Waals surface area (Å²) in [5.41, 5.74) is 0. The smallest absolute Gasteiger partial charge is 0.236 e. The van der Waals surface area contributed by atoms with Crippen molar-refractivity contribution in [2.75, 3.05) is 33.7 Å². The summed E-state index contributed by atoms with van der Waals surface area (Å²) < 4.78 is 0. The number of β-amino-alcohol motifs (C(OH)–C–C–N with tert-alkyl or cyclic N) is 1. The minimum atomic E-state index is -0.291. The number of likely N-dealkylation sites (N-methyl/N-ethyl adjacent to an activating group) is 1. The van der Waals surface area contributed by atoms with Crippen molar-refractivity contribution in [2.24, 2.45) is 0 Å². The molecule has 0 bridgehead atoms. The maximum absolute atomic E-state index is 11.2.